The molecule has 1 unspecified atom stereocenters. The van der Waals surface area contributed by atoms with Gasteiger partial charge in [-0.25, -0.2) is 14.8 Å². The van der Waals surface area contributed by atoms with E-state index in [1.54, 1.807) is 63.5 Å². The third-order valence-electron chi connectivity index (χ3n) is 7.51. The summed E-state index contributed by atoms with van der Waals surface area (Å²) in [6.07, 6.45) is -0.698. The third-order valence-corrected chi connectivity index (χ3v) is 7.51. The molecule has 3 amide bonds. The molecule has 0 bridgehead atoms. The molecule has 1 aliphatic heterocycles. The third kappa shape index (κ3) is 6.64. The molecule has 230 valence electrons. The zero-order valence-electron chi connectivity index (χ0n) is 25.3. The summed E-state index contributed by atoms with van der Waals surface area (Å²) in [5.41, 5.74) is 4.09. The molecule has 0 radical (unpaired) electrons. The van der Waals surface area contributed by atoms with Crippen LogP contribution in [0.4, 0.5) is 22.0 Å². The van der Waals surface area contributed by atoms with E-state index in [9.17, 15) is 14.7 Å². The lowest BCUT2D eigenvalue weighted by molar-refractivity contribution is 0.0827. The molecule has 11 nitrogen and oxygen atoms in total. The predicted octanol–water partition coefficient (Wildman–Crippen LogP) is 5.79. The summed E-state index contributed by atoms with van der Waals surface area (Å²) in [4.78, 5) is 38.4. The van der Waals surface area contributed by atoms with Gasteiger partial charge >= 0.3 is 6.03 Å². The van der Waals surface area contributed by atoms with Gasteiger partial charge in [0.05, 0.1) is 18.7 Å². The van der Waals surface area contributed by atoms with Crippen molar-refractivity contribution in [2.45, 2.75) is 13.0 Å². The van der Waals surface area contributed by atoms with Crippen LogP contribution in [0.3, 0.4) is 0 Å². The second kappa shape index (κ2) is 12.8. The first-order valence-electron chi connectivity index (χ1n) is 14.7. The maximum absolute atomic E-state index is 12.7. The number of urea groups is 1. The minimum Gasteiger partial charge on any atom is -0.458 e. The van der Waals surface area contributed by atoms with Gasteiger partial charge in [-0.2, -0.15) is 0 Å². The molecule has 1 saturated heterocycles. The van der Waals surface area contributed by atoms with Crippen molar-refractivity contribution in [2.24, 2.45) is 0 Å². The van der Waals surface area contributed by atoms with Gasteiger partial charge in [-0.15, -0.1) is 0 Å². The van der Waals surface area contributed by atoms with E-state index in [0.29, 0.717) is 47.5 Å². The van der Waals surface area contributed by atoms with Crippen molar-refractivity contribution in [1.82, 2.24) is 14.9 Å². The second-order valence-electron chi connectivity index (χ2n) is 11.0. The first-order valence-corrected chi connectivity index (χ1v) is 14.7. The highest BCUT2D eigenvalue weighted by molar-refractivity contribution is 6.00. The number of rotatable bonds is 7. The van der Waals surface area contributed by atoms with E-state index in [4.69, 9.17) is 19.1 Å². The van der Waals surface area contributed by atoms with Crippen LogP contribution in [0.5, 0.6) is 0 Å². The van der Waals surface area contributed by atoms with Crippen LogP contribution in [0.15, 0.2) is 83.3 Å². The SMILES string of the molecule is CC(O)c1ccc(-c2ccc3c(N4CCOCC4)nc(-c4ccc(NC(=O)Nc5ccc(C(=O)N(C)C)cc5)cc4)nc3c2)o1. The van der Waals surface area contributed by atoms with Crippen LogP contribution in [-0.4, -0.2) is 72.3 Å². The van der Waals surface area contributed by atoms with E-state index >= 15 is 0 Å². The summed E-state index contributed by atoms with van der Waals surface area (Å²) in [6.45, 7) is 4.34. The van der Waals surface area contributed by atoms with Crippen LogP contribution in [0, 0.1) is 0 Å². The van der Waals surface area contributed by atoms with Crippen LogP contribution >= 0.6 is 0 Å². The quantitative estimate of drug-likeness (QED) is 0.212. The van der Waals surface area contributed by atoms with Crippen molar-refractivity contribution >= 4 is 40.0 Å². The van der Waals surface area contributed by atoms with Gasteiger partial charge in [0, 0.05) is 60.6 Å². The summed E-state index contributed by atoms with van der Waals surface area (Å²) in [5.74, 6) is 2.41. The molecule has 1 aliphatic rings. The van der Waals surface area contributed by atoms with E-state index in [2.05, 4.69) is 15.5 Å². The molecular formula is C34H34N6O5. The lowest BCUT2D eigenvalue weighted by atomic mass is 10.1. The number of aliphatic hydroxyl groups is 1. The molecular weight excluding hydrogens is 572 g/mol. The van der Waals surface area contributed by atoms with Crippen LogP contribution < -0.4 is 15.5 Å². The normalized spacial score (nSPS) is 13.8. The van der Waals surface area contributed by atoms with Crippen LogP contribution in [0.1, 0.15) is 29.1 Å². The monoisotopic (exact) mass is 606 g/mol. The standard InChI is InChI=1S/C34H34N6O5/c1-21(41)29-14-15-30(45-29)24-8-13-27-28(20-24)37-31(38-32(27)40-16-18-44-19-17-40)22-4-9-25(10-5-22)35-34(43)36-26-11-6-23(7-12-26)33(42)39(2)3/h4-15,20-21,41H,16-19H2,1-3H3,(H2,35,36,43). The highest BCUT2D eigenvalue weighted by Crippen LogP contribution is 2.33. The number of aliphatic hydroxyl groups excluding tert-OH is 1. The molecule has 45 heavy (non-hydrogen) atoms. The zero-order chi connectivity index (χ0) is 31.5. The smallest absolute Gasteiger partial charge is 0.323 e. The Hall–Kier alpha value is -5.26. The molecule has 5 aromatic rings. The molecule has 1 atom stereocenters. The average molecular weight is 607 g/mol. The maximum atomic E-state index is 12.7. The summed E-state index contributed by atoms with van der Waals surface area (Å²) in [5, 5.41) is 16.4. The number of ether oxygens (including phenoxy) is 1. The Morgan fingerprint density at radius 3 is 2.13 bits per heavy atom. The van der Waals surface area contributed by atoms with Crippen molar-refractivity contribution in [3.63, 3.8) is 0 Å². The Labute approximate surface area is 260 Å². The van der Waals surface area contributed by atoms with Gasteiger partial charge in [0.25, 0.3) is 5.91 Å². The van der Waals surface area contributed by atoms with Gasteiger partial charge in [0.15, 0.2) is 5.82 Å². The number of hydrogen-bond acceptors (Lipinski definition) is 8. The topological polar surface area (TPSA) is 133 Å². The maximum Gasteiger partial charge on any atom is 0.323 e. The fraction of sp³-hybridized carbons (Fsp3) is 0.235. The summed E-state index contributed by atoms with van der Waals surface area (Å²) in [7, 11) is 3.38. The largest absolute Gasteiger partial charge is 0.458 e. The molecule has 0 spiro atoms. The first kappa shape index (κ1) is 29.8. The number of nitrogens with one attached hydrogen (secondary N) is 2. The van der Waals surface area contributed by atoms with E-state index in [-0.39, 0.29) is 5.91 Å². The summed E-state index contributed by atoms with van der Waals surface area (Å²) >= 11 is 0. The summed E-state index contributed by atoms with van der Waals surface area (Å²) in [6, 6.07) is 23.2. The van der Waals surface area contributed by atoms with Gasteiger partial charge in [0.1, 0.15) is 23.4 Å². The van der Waals surface area contributed by atoms with E-state index < -0.39 is 12.1 Å². The molecule has 3 aromatic carbocycles. The minimum atomic E-state index is -0.698. The van der Waals surface area contributed by atoms with Gasteiger partial charge in [-0.05, 0) is 79.7 Å². The number of carbonyl (C=O) groups is 2. The van der Waals surface area contributed by atoms with Gasteiger partial charge < -0.3 is 34.7 Å². The van der Waals surface area contributed by atoms with E-state index in [0.717, 1.165) is 40.9 Å². The molecule has 1 fully saturated rings. The number of hydrogen-bond donors (Lipinski definition) is 3. The predicted molar refractivity (Wildman–Crippen MR) is 173 cm³/mol. The second-order valence-corrected chi connectivity index (χ2v) is 11.0. The number of aromatic nitrogens is 2. The molecule has 0 saturated carbocycles. The molecule has 3 N–H and O–H groups in total. The number of carbonyl (C=O) groups excluding carboxylic acids is 2. The van der Waals surface area contributed by atoms with Crippen molar-refractivity contribution in [2.75, 3.05) is 55.9 Å². The fourth-order valence-corrected chi connectivity index (χ4v) is 5.09. The molecule has 2 aromatic heterocycles. The van der Waals surface area contributed by atoms with E-state index in [1.807, 2.05) is 36.4 Å². The lowest BCUT2D eigenvalue weighted by Crippen LogP contribution is -2.37. The average Bonchev–Trinajstić information content (AvgIpc) is 3.56. The van der Waals surface area contributed by atoms with Crippen molar-refractivity contribution < 1.29 is 23.8 Å². The zero-order valence-corrected chi connectivity index (χ0v) is 25.3. The number of amides is 3. The van der Waals surface area contributed by atoms with E-state index in [1.165, 1.54) is 4.90 Å². The highest BCUT2D eigenvalue weighted by atomic mass is 16.5. The minimum absolute atomic E-state index is 0.109. The fourth-order valence-electron chi connectivity index (χ4n) is 5.09. The number of fused-ring (bicyclic) bond motifs is 1. The Bertz CT molecular complexity index is 1830. The molecule has 3 heterocycles. The van der Waals surface area contributed by atoms with Crippen molar-refractivity contribution in [3.8, 4) is 22.7 Å². The Kier molecular flexibility index (Phi) is 8.45. The van der Waals surface area contributed by atoms with Crippen LogP contribution in [0.25, 0.3) is 33.6 Å². The number of anilines is 3. The Morgan fingerprint density at radius 1 is 0.867 bits per heavy atom. The molecule has 11 heteroatoms. The molecule has 0 aliphatic carbocycles. The molecule has 6 rings (SSSR count). The van der Waals surface area contributed by atoms with Gasteiger partial charge in [-0.1, -0.05) is 6.07 Å². The van der Waals surface area contributed by atoms with Crippen molar-refractivity contribution in [3.05, 3.63) is 90.2 Å². The van der Waals surface area contributed by atoms with Gasteiger partial charge in [0.2, 0.25) is 0 Å². The van der Waals surface area contributed by atoms with Crippen molar-refractivity contribution in [1.29, 1.82) is 0 Å². The van der Waals surface area contributed by atoms with Crippen LogP contribution in [-0.2, 0) is 4.74 Å². The Morgan fingerprint density at radius 2 is 1.51 bits per heavy atom. The highest BCUT2D eigenvalue weighted by Gasteiger charge is 2.19. The Balaban J connectivity index is 1.24. The van der Waals surface area contributed by atoms with Crippen LogP contribution in [0.2, 0.25) is 0 Å². The number of furan rings is 1. The number of morpholine rings is 1. The first-order chi connectivity index (χ1) is 21.7. The number of benzene rings is 3. The lowest BCUT2D eigenvalue weighted by Gasteiger charge is -2.29. The summed E-state index contributed by atoms with van der Waals surface area (Å²) < 4.78 is 11.5. The van der Waals surface area contributed by atoms with Gasteiger partial charge in [-0.3, -0.25) is 4.79 Å². The number of nitrogens with zero attached hydrogens (tertiary/aromatic N) is 4.